The van der Waals surface area contributed by atoms with Crippen LogP contribution in [0.3, 0.4) is 0 Å². The molecule has 5 nitrogen and oxygen atoms in total. The minimum Gasteiger partial charge on any atom is -0.394 e. The summed E-state index contributed by atoms with van der Waals surface area (Å²) in [5.74, 6) is 0. The molecule has 0 bridgehead atoms. The summed E-state index contributed by atoms with van der Waals surface area (Å²) >= 11 is 0. The molecule has 0 saturated heterocycles. The summed E-state index contributed by atoms with van der Waals surface area (Å²) in [5, 5.41) is 8.95. The molecule has 0 aliphatic carbocycles. The van der Waals surface area contributed by atoms with E-state index in [4.69, 9.17) is 25.1 Å². The van der Waals surface area contributed by atoms with E-state index in [1.54, 1.807) is 7.11 Å². The molecule has 0 heterocycles. The number of unbranched alkanes of at least 4 members (excludes halogenated alkanes) is 1. The predicted molar refractivity (Wildman–Crippen MR) is 67.0 cm³/mol. The molecule has 0 fully saturated rings. The summed E-state index contributed by atoms with van der Waals surface area (Å²) in [6.07, 6.45) is 2.75. The Kier molecular flexibility index (Phi) is 10.8. The molecule has 104 valence electrons. The molecule has 0 aromatic heterocycles. The molecular formula is C12H27NO4. The summed E-state index contributed by atoms with van der Waals surface area (Å²) in [6, 6.07) is 0. The number of nitrogens with two attached hydrogens (primary N) is 1. The van der Waals surface area contributed by atoms with Crippen molar-refractivity contribution in [2.24, 2.45) is 5.73 Å². The standard InChI is InChI=1S/C12H27NO4/c1-12(13,11-14)5-3-4-6-16-9-10-17-8-7-15-2/h14H,3-11,13H2,1-2H3. The Morgan fingerprint density at radius 3 is 2.18 bits per heavy atom. The van der Waals surface area contributed by atoms with Crippen molar-refractivity contribution in [2.45, 2.75) is 31.7 Å². The fourth-order valence-corrected chi connectivity index (χ4v) is 1.28. The maximum atomic E-state index is 8.95. The number of methoxy groups -OCH3 is 1. The van der Waals surface area contributed by atoms with Gasteiger partial charge in [0, 0.05) is 19.3 Å². The van der Waals surface area contributed by atoms with Gasteiger partial charge in [-0.05, 0) is 26.2 Å². The minimum atomic E-state index is -0.455. The summed E-state index contributed by atoms with van der Waals surface area (Å²) < 4.78 is 15.5. The molecule has 0 amide bonds. The molecule has 17 heavy (non-hydrogen) atoms. The monoisotopic (exact) mass is 249 g/mol. The van der Waals surface area contributed by atoms with Crippen LogP contribution in [0.25, 0.3) is 0 Å². The molecule has 5 heteroatoms. The summed E-state index contributed by atoms with van der Waals surface area (Å²) in [7, 11) is 1.65. The van der Waals surface area contributed by atoms with Crippen LogP contribution in [0.1, 0.15) is 26.2 Å². The fourth-order valence-electron chi connectivity index (χ4n) is 1.28. The molecule has 0 aliphatic rings. The van der Waals surface area contributed by atoms with E-state index in [2.05, 4.69) is 0 Å². The Bertz CT molecular complexity index is 165. The van der Waals surface area contributed by atoms with Gasteiger partial charge in [0.1, 0.15) is 0 Å². The van der Waals surface area contributed by atoms with Crippen molar-refractivity contribution < 1.29 is 19.3 Å². The average molecular weight is 249 g/mol. The van der Waals surface area contributed by atoms with Gasteiger partial charge in [-0.25, -0.2) is 0 Å². The lowest BCUT2D eigenvalue weighted by Crippen LogP contribution is -2.39. The van der Waals surface area contributed by atoms with Crippen LogP contribution in [-0.4, -0.2) is 57.4 Å². The Balaban J connectivity index is 3.09. The SMILES string of the molecule is COCCOCCOCCCCC(C)(N)CO. The van der Waals surface area contributed by atoms with E-state index < -0.39 is 5.54 Å². The van der Waals surface area contributed by atoms with Crippen molar-refractivity contribution in [3.63, 3.8) is 0 Å². The van der Waals surface area contributed by atoms with E-state index >= 15 is 0 Å². The lowest BCUT2D eigenvalue weighted by atomic mass is 9.97. The zero-order valence-electron chi connectivity index (χ0n) is 11.1. The third-order valence-corrected chi connectivity index (χ3v) is 2.45. The average Bonchev–Trinajstić information content (AvgIpc) is 2.31. The van der Waals surface area contributed by atoms with E-state index in [1.165, 1.54) is 0 Å². The van der Waals surface area contributed by atoms with Gasteiger partial charge in [-0.3, -0.25) is 0 Å². The molecule has 0 spiro atoms. The normalized spacial score (nSPS) is 14.8. The second-order valence-corrected chi connectivity index (χ2v) is 4.49. The highest BCUT2D eigenvalue weighted by Crippen LogP contribution is 2.09. The van der Waals surface area contributed by atoms with Gasteiger partial charge in [0.25, 0.3) is 0 Å². The summed E-state index contributed by atoms with van der Waals surface area (Å²) in [6.45, 7) is 5.06. The summed E-state index contributed by atoms with van der Waals surface area (Å²) in [5.41, 5.74) is 5.35. The van der Waals surface area contributed by atoms with Crippen molar-refractivity contribution in [3.8, 4) is 0 Å². The van der Waals surface area contributed by atoms with Crippen molar-refractivity contribution in [3.05, 3.63) is 0 Å². The van der Waals surface area contributed by atoms with Gasteiger partial charge in [0.05, 0.1) is 33.0 Å². The molecule has 0 rings (SSSR count). The highest BCUT2D eigenvalue weighted by molar-refractivity contribution is 4.76. The fraction of sp³-hybridized carbons (Fsp3) is 1.00. The Labute approximate surface area is 104 Å². The second-order valence-electron chi connectivity index (χ2n) is 4.49. The van der Waals surface area contributed by atoms with Gasteiger partial charge in [-0.1, -0.05) is 0 Å². The Hall–Kier alpha value is -0.200. The summed E-state index contributed by atoms with van der Waals surface area (Å²) in [4.78, 5) is 0. The predicted octanol–water partition coefficient (Wildman–Crippen LogP) is 0.546. The topological polar surface area (TPSA) is 73.9 Å². The quantitative estimate of drug-likeness (QED) is 0.494. The van der Waals surface area contributed by atoms with E-state index in [0.717, 1.165) is 25.9 Å². The molecular weight excluding hydrogens is 222 g/mol. The first kappa shape index (κ1) is 16.8. The molecule has 0 saturated carbocycles. The maximum Gasteiger partial charge on any atom is 0.0701 e. The molecule has 0 radical (unpaired) electrons. The first-order valence-electron chi connectivity index (χ1n) is 6.16. The largest absolute Gasteiger partial charge is 0.394 e. The van der Waals surface area contributed by atoms with Crippen LogP contribution in [0.2, 0.25) is 0 Å². The number of rotatable bonds is 12. The van der Waals surface area contributed by atoms with E-state index in [0.29, 0.717) is 26.4 Å². The molecule has 1 atom stereocenters. The van der Waals surface area contributed by atoms with Crippen LogP contribution in [0, 0.1) is 0 Å². The van der Waals surface area contributed by atoms with Crippen molar-refractivity contribution in [2.75, 3.05) is 46.8 Å². The molecule has 0 aliphatic heterocycles. The smallest absolute Gasteiger partial charge is 0.0701 e. The van der Waals surface area contributed by atoms with Gasteiger partial charge in [0.15, 0.2) is 0 Å². The maximum absolute atomic E-state index is 8.95. The number of aliphatic hydroxyl groups excluding tert-OH is 1. The van der Waals surface area contributed by atoms with Crippen molar-refractivity contribution in [1.82, 2.24) is 0 Å². The number of hydrogen-bond acceptors (Lipinski definition) is 5. The van der Waals surface area contributed by atoms with E-state index in [-0.39, 0.29) is 6.61 Å². The number of hydrogen-bond donors (Lipinski definition) is 2. The Morgan fingerprint density at radius 2 is 1.59 bits per heavy atom. The van der Waals surface area contributed by atoms with Crippen LogP contribution in [0.5, 0.6) is 0 Å². The molecule has 0 aromatic carbocycles. The lowest BCUT2D eigenvalue weighted by molar-refractivity contribution is 0.0236. The van der Waals surface area contributed by atoms with E-state index in [1.807, 2.05) is 6.92 Å². The van der Waals surface area contributed by atoms with Crippen molar-refractivity contribution in [1.29, 1.82) is 0 Å². The van der Waals surface area contributed by atoms with Crippen molar-refractivity contribution >= 4 is 0 Å². The van der Waals surface area contributed by atoms with Crippen LogP contribution < -0.4 is 5.73 Å². The van der Waals surface area contributed by atoms with Gasteiger partial charge < -0.3 is 25.1 Å². The minimum absolute atomic E-state index is 0.0290. The number of aliphatic hydroxyl groups is 1. The zero-order chi connectivity index (χ0) is 13.0. The van der Waals surface area contributed by atoms with Gasteiger partial charge in [-0.2, -0.15) is 0 Å². The third kappa shape index (κ3) is 12.1. The van der Waals surface area contributed by atoms with Gasteiger partial charge in [-0.15, -0.1) is 0 Å². The zero-order valence-corrected chi connectivity index (χ0v) is 11.1. The highest BCUT2D eigenvalue weighted by Gasteiger charge is 2.15. The lowest BCUT2D eigenvalue weighted by Gasteiger charge is -2.21. The van der Waals surface area contributed by atoms with Gasteiger partial charge >= 0.3 is 0 Å². The van der Waals surface area contributed by atoms with Crippen LogP contribution in [0.4, 0.5) is 0 Å². The molecule has 1 unspecified atom stereocenters. The second kappa shape index (κ2) is 10.9. The third-order valence-electron chi connectivity index (χ3n) is 2.45. The highest BCUT2D eigenvalue weighted by atomic mass is 16.5. The molecule has 0 aromatic rings. The van der Waals surface area contributed by atoms with Crippen LogP contribution in [0.15, 0.2) is 0 Å². The Morgan fingerprint density at radius 1 is 1.00 bits per heavy atom. The van der Waals surface area contributed by atoms with Gasteiger partial charge in [0.2, 0.25) is 0 Å². The van der Waals surface area contributed by atoms with Crippen LogP contribution >= 0.6 is 0 Å². The first-order chi connectivity index (χ1) is 8.12. The van der Waals surface area contributed by atoms with Crippen LogP contribution in [-0.2, 0) is 14.2 Å². The molecule has 3 N–H and O–H groups in total. The first-order valence-corrected chi connectivity index (χ1v) is 6.16. The number of ether oxygens (including phenoxy) is 3. The van der Waals surface area contributed by atoms with E-state index in [9.17, 15) is 0 Å².